The molecule has 1 aromatic rings. The molecule has 0 bridgehead atoms. The molecule has 4 rings (SSSR count). The van der Waals surface area contributed by atoms with E-state index in [1.54, 1.807) is 11.9 Å². The lowest BCUT2D eigenvalue weighted by Crippen LogP contribution is -2.55. The number of hydrogen-bond acceptors (Lipinski definition) is 4. The van der Waals surface area contributed by atoms with Crippen molar-refractivity contribution in [3.63, 3.8) is 0 Å². The van der Waals surface area contributed by atoms with Crippen molar-refractivity contribution in [2.45, 2.75) is 62.4 Å². The summed E-state index contributed by atoms with van der Waals surface area (Å²) in [6.45, 7) is 1.79. The Hall–Kier alpha value is -1.64. The first-order valence-corrected chi connectivity index (χ1v) is 9.98. The van der Waals surface area contributed by atoms with Crippen LogP contribution in [0.2, 0.25) is 0 Å². The summed E-state index contributed by atoms with van der Waals surface area (Å²) in [7, 11) is 1.72. The van der Waals surface area contributed by atoms with E-state index in [1.165, 1.54) is 11.1 Å². The van der Waals surface area contributed by atoms with Gasteiger partial charge in [-0.25, -0.2) is 10.9 Å². The maximum absolute atomic E-state index is 12.9. The van der Waals surface area contributed by atoms with E-state index in [0.717, 1.165) is 38.8 Å². The second-order valence-electron chi connectivity index (χ2n) is 8.24. The van der Waals surface area contributed by atoms with E-state index in [4.69, 9.17) is 0 Å². The molecule has 2 N–H and O–H groups in total. The number of halogens is 3. The first-order chi connectivity index (χ1) is 13.3. The van der Waals surface area contributed by atoms with Crippen LogP contribution in [-0.2, 0) is 17.6 Å². The summed E-state index contributed by atoms with van der Waals surface area (Å²) in [5, 5.41) is 0. The van der Waals surface area contributed by atoms with Crippen LogP contribution in [0.4, 0.5) is 13.2 Å². The van der Waals surface area contributed by atoms with Gasteiger partial charge >= 0.3 is 6.18 Å². The highest BCUT2D eigenvalue weighted by Gasteiger charge is 2.47. The molecule has 2 saturated heterocycles. The lowest BCUT2D eigenvalue weighted by atomic mass is 10.00. The van der Waals surface area contributed by atoms with Gasteiger partial charge in [-0.1, -0.05) is 24.3 Å². The van der Waals surface area contributed by atoms with Crippen LogP contribution in [0.1, 0.15) is 30.4 Å². The Morgan fingerprint density at radius 2 is 1.86 bits per heavy atom. The molecule has 2 fully saturated rings. The van der Waals surface area contributed by atoms with Crippen LogP contribution < -0.4 is 10.9 Å². The van der Waals surface area contributed by atoms with Crippen molar-refractivity contribution >= 4 is 5.91 Å². The lowest BCUT2D eigenvalue weighted by Gasteiger charge is -2.41. The molecule has 8 heteroatoms. The van der Waals surface area contributed by atoms with E-state index in [0.29, 0.717) is 6.04 Å². The Morgan fingerprint density at radius 3 is 2.46 bits per heavy atom. The predicted octanol–water partition coefficient (Wildman–Crippen LogP) is 1.87. The first kappa shape index (κ1) is 19.7. The number of fused-ring (bicyclic) bond motifs is 1. The SMILES string of the molecule is CN(C(=O)C1CC(C(F)(F)F)NN1)C1CCCN(C2Cc3ccccc3C2)C1. The number of rotatable bonds is 3. The van der Waals surface area contributed by atoms with E-state index >= 15 is 0 Å². The molecule has 3 aliphatic rings. The number of nitrogens with zero attached hydrogens (tertiary/aromatic N) is 2. The number of likely N-dealkylation sites (N-methyl/N-ethyl adjacent to an activating group) is 1. The number of hydrazine groups is 1. The number of carbonyl (C=O) groups is 1. The number of carbonyl (C=O) groups excluding carboxylic acids is 1. The van der Waals surface area contributed by atoms with Crippen LogP contribution in [-0.4, -0.2) is 66.2 Å². The Labute approximate surface area is 163 Å². The standard InChI is InChI=1S/C20H27F3N4O/c1-26(19(28)17-11-18(25-24-17)20(21,22)23)15-7-4-8-27(12-15)16-9-13-5-2-3-6-14(13)10-16/h2-3,5-6,15-18,24-25H,4,7-12H2,1H3. The third-order valence-corrected chi connectivity index (χ3v) is 6.47. The fraction of sp³-hybridized carbons (Fsp3) is 0.650. The topological polar surface area (TPSA) is 47.6 Å². The summed E-state index contributed by atoms with van der Waals surface area (Å²) < 4.78 is 38.6. The van der Waals surface area contributed by atoms with Gasteiger partial charge in [0.25, 0.3) is 0 Å². The molecule has 2 heterocycles. The summed E-state index contributed by atoms with van der Waals surface area (Å²) in [4.78, 5) is 16.9. The molecule has 1 aliphatic carbocycles. The monoisotopic (exact) mass is 396 g/mol. The first-order valence-electron chi connectivity index (χ1n) is 9.98. The minimum atomic E-state index is -4.35. The lowest BCUT2D eigenvalue weighted by molar-refractivity contribution is -0.153. The molecular formula is C20H27F3N4O. The third-order valence-electron chi connectivity index (χ3n) is 6.47. The van der Waals surface area contributed by atoms with Gasteiger partial charge in [-0.15, -0.1) is 0 Å². The van der Waals surface area contributed by atoms with Crippen LogP contribution in [0.25, 0.3) is 0 Å². The van der Waals surface area contributed by atoms with Gasteiger partial charge in [-0.05, 0) is 49.8 Å². The predicted molar refractivity (Wildman–Crippen MR) is 99.5 cm³/mol. The van der Waals surface area contributed by atoms with E-state index < -0.39 is 18.3 Å². The van der Waals surface area contributed by atoms with Crippen LogP contribution >= 0.6 is 0 Å². The molecule has 0 aromatic heterocycles. The van der Waals surface area contributed by atoms with Gasteiger partial charge in [0.05, 0.1) is 0 Å². The summed E-state index contributed by atoms with van der Waals surface area (Å²) in [6, 6.07) is 6.50. The minimum absolute atomic E-state index is 0.0386. The Bertz CT molecular complexity index is 701. The average molecular weight is 396 g/mol. The third kappa shape index (κ3) is 3.90. The molecule has 1 amide bonds. The number of benzene rings is 1. The molecule has 154 valence electrons. The Morgan fingerprint density at radius 1 is 1.18 bits per heavy atom. The quantitative estimate of drug-likeness (QED) is 0.819. The summed E-state index contributed by atoms with van der Waals surface area (Å²) in [6.07, 6.45) is -0.664. The Kier molecular flexibility index (Phi) is 5.37. The number of alkyl halides is 3. The Balaban J connectivity index is 1.35. The van der Waals surface area contributed by atoms with E-state index in [-0.39, 0.29) is 18.4 Å². The van der Waals surface area contributed by atoms with Gasteiger partial charge < -0.3 is 4.90 Å². The zero-order valence-corrected chi connectivity index (χ0v) is 16.0. The molecule has 3 atom stereocenters. The minimum Gasteiger partial charge on any atom is -0.340 e. The smallest absolute Gasteiger partial charge is 0.340 e. The van der Waals surface area contributed by atoms with Crippen LogP contribution in [0.3, 0.4) is 0 Å². The van der Waals surface area contributed by atoms with E-state index in [1.807, 2.05) is 0 Å². The largest absolute Gasteiger partial charge is 0.405 e. The van der Waals surface area contributed by atoms with Crippen molar-refractivity contribution in [3.05, 3.63) is 35.4 Å². The number of nitrogens with one attached hydrogen (secondary N) is 2. The molecule has 0 radical (unpaired) electrons. The van der Waals surface area contributed by atoms with Crippen LogP contribution in [0, 0.1) is 0 Å². The van der Waals surface area contributed by atoms with Gasteiger partial charge in [-0.2, -0.15) is 13.2 Å². The van der Waals surface area contributed by atoms with E-state index in [9.17, 15) is 18.0 Å². The van der Waals surface area contributed by atoms with Crippen LogP contribution in [0.15, 0.2) is 24.3 Å². The van der Waals surface area contributed by atoms with Crippen molar-refractivity contribution in [1.29, 1.82) is 0 Å². The maximum atomic E-state index is 12.9. The van der Waals surface area contributed by atoms with Gasteiger partial charge in [-0.3, -0.25) is 9.69 Å². The van der Waals surface area contributed by atoms with Gasteiger partial charge in [0, 0.05) is 25.7 Å². The number of piperidine rings is 1. The molecule has 1 aromatic carbocycles. The summed E-state index contributed by atoms with van der Waals surface area (Å²) >= 11 is 0. The van der Waals surface area contributed by atoms with Crippen molar-refractivity contribution < 1.29 is 18.0 Å². The van der Waals surface area contributed by atoms with Crippen molar-refractivity contribution in [2.24, 2.45) is 0 Å². The fourth-order valence-electron chi connectivity index (χ4n) is 4.78. The van der Waals surface area contributed by atoms with Gasteiger partial charge in [0.2, 0.25) is 5.91 Å². The van der Waals surface area contributed by atoms with Gasteiger partial charge in [0.15, 0.2) is 0 Å². The van der Waals surface area contributed by atoms with Gasteiger partial charge in [0.1, 0.15) is 12.1 Å². The number of likely N-dealkylation sites (tertiary alicyclic amines) is 1. The molecule has 28 heavy (non-hydrogen) atoms. The van der Waals surface area contributed by atoms with Crippen LogP contribution in [0.5, 0.6) is 0 Å². The second kappa shape index (κ2) is 7.65. The fourth-order valence-corrected chi connectivity index (χ4v) is 4.78. The summed E-state index contributed by atoms with van der Waals surface area (Å²) in [5.41, 5.74) is 7.56. The highest BCUT2D eigenvalue weighted by molar-refractivity contribution is 5.82. The normalized spacial score (nSPS) is 29.1. The number of amides is 1. The molecule has 5 nitrogen and oxygen atoms in total. The van der Waals surface area contributed by atoms with Crippen molar-refractivity contribution in [3.8, 4) is 0 Å². The highest BCUT2D eigenvalue weighted by Crippen LogP contribution is 2.29. The molecular weight excluding hydrogens is 369 g/mol. The zero-order valence-electron chi connectivity index (χ0n) is 16.0. The zero-order chi connectivity index (χ0) is 19.9. The highest BCUT2D eigenvalue weighted by atomic mass is 19.4. The number of hydrogen-bond donors (Lipinski definition) is 2. The van der Waals surface area contributed by atoms with E-state index in [2.05, 4.69) is 40.0 Å². The molecule has 0 spiro atoms. The van der Waals surface area contributed by atoms with Crippen molar-refractivity contribution in [2.75, 3.05) is 20.1 Å². The molecule has 2 aliphatic heterocycles. The summed E-state index contributed by atoms with van der Waals surface area (Å²) in [5.74, 6) is -0.263. The molecule has 3 unspecified atom stereocenters. The van der Waals surface area contributed by atoms with Crippen molar-refractivity contribution in [1.82, 2.24) is 20.7 Å². The molecule has 0 saturated carbocycles. The average Bonchev–Trinajstić information content (AvgIpc) is 3.34. The second-order valence-corrected chi connectivity index (χ2v) is 8.24. The maximum Gasteiger partial charge on any atom is 0.405 e.